The number of hydrogen-bond acceptors (Lipinski definition) is 4. The molecule has 0 aliphatic heterocycles. The van der Waals surface area contributed by atoms with Crippen LogP contribution in [0.25, 0.3) is 0 Å². The van der Waals surface area contributed by atoms with E-state index in [2.05, 4.69) is 15.9 Å². The zero-order chi connectivity index (χ0) is 9.84. The zero-order valence-corrected chi connectivity index (χ0v) is 9.69. The Bertz CT molecular complexity index is 277. The van der Waals surface area contributed by atoms with E-state index in [1.165, 1.54) is 11.3 Å². The van der Waals surface area contributed by atoms with Gasteiger partial charge in [-0.15, -0.1) is 11.3 Å². The normalized spacial score (nSPS) is 12.9. The third-order valence-electron chi connectivity index (χ3n) is 1.63. The molecule has 1 atom stereocenters. The molecule has 0 saturated carbocycles. The third-order valence-corrected chi connectivity index (χ3v) is 3.68. The van der Waals surface area contributed by atoms with Crippen molar-refractivity contribution in [3.8, 4) is 5.06 Å². The summed E-state index contributed by atoms with van der Waals surface area (Å²) in [5, 5.41) is 10.4. The molecule has 0 saturated heterocycles. The molecular weight excluding hydrogens is 254 g/mol. The monoisotopic (exact) mass is 265 g/mol. The van der Waals surface area contributed by atoms with E-state index >= 15 is 0 Å². The first-order valence-corrected chi connectivity index (χ1v) is 5.51. The van der Waals surface area contributed by atoms with E-state index in [0.717, 1.165) is 14.4 Å². The van der Waals surface area contributed by atoms with Gasteiger partial charge in [-0.3, -0.25) is 0 Å². The lowest BCUT2D eigenvalue weighted by atomic mass is 10.2. The van der Waals surface area contributed by atoms with Crippen molar-refractivity contribution in [3.63, 3.8) is 0 Å². The molecule has 1 rings (SSSR count). The molecule has 0 aromatic carbocycles. The van der Waals surface area contributed by atoms with E-state index in [9.17, 15) is 5.11 Å². The second kappa shape index (κ2) is 4.95. The maximum absolute atomic E-state index is 9.61. The molecule has 0 bridgehead atoms. The van der Waals surface area contributed by atoms with Crippen molar-refractivity contribution in [2.75, 3.05) is 13.7 Å². The summed E-state index contributed by atoms with van der Waals surface area (Å²) in [7, 11) is 1.61. The first kappa shape index (κ1) is 11.0. The Morgan fingerprint density at radius 3 is 2.92 bits per heavy atom. The van der Waals surface area contributed by atoms with Crippen LogP contribution in [0.15, 0.2) is 10.5 Å². The summed E-state index contributed by atoms with van der Waals surface area (Å²) in [5.41, 5.74) is 5.35. The van der Waals surface area contributed by atoms with Gasteiger partial charge in [0.2, 0.25) is 0 Å². The number of halogens is 1. The smallest absolute Gasteiger partial charge is 0.188 e. The van der Waals surface area contributed by atoms with E-state index in [1.807, 2.05) is 6.07 Å². The molecule has 5 heteroatoms. The molecule has 1 unspecified atom stereocenters. The molecule has 0 aliphatic carbocycles. The van der Waals surface area contributed by atoms with E-state index in [-0.39, 0.29) is 0 Å². The maximum atomic E-state index is 9.61. The van der Waals surface area contributed by atoms with Gasteiger partial charge in [-0.1, -0.05) is 0 Å². The van der Waals surface area contributed by atoms with E-state index in [0.29, 0.717) is 13.0 Å². The molecule has 0 radical (unpaired) electrons. The summed E-state index contributed by atoms with van der Waals surface area (Å²) < 4.78 is 5.96. The van der Waals surface area contributed by atoms with Crippen LogP contribution in [-0.4, -0.2) is 18.8 Å². The number of aliphatic hydroxyl groups is 1. The highest BCUT2D eigenvalue weighted by molar-refractivity contribution is 9.10. The van der Waals surface area contributed by atoms with Gasteiger partial charge < -0.3 is 15.6 Å². The van der Waals surface area contributed by atoms with Crippen LogP contribution in [0, 0.1) is 0 Å². The first-order valence-electron chi connectivity index (χ1n) is 3.90. The fourth-order valence-corrected chi connectivity index (χ4v) is 2.66. The van der Waals surface area contributed by atoms with Crippen molar-refractivity contribution >= 4 is 27.3 Å². The predicted octanol–water partition coefficient (Wildman–Crippen LogP) is 1.90. The minimum atomic E-state index is -0.477. The summed E-state index contributed by atoms with van der Waals surface area (Å²) in [5.74, 6) is 0. The zero-order valence-electron chi connectivity index (χ0n) is 7.29. The molecule has 0 spiro atoms. The summed E-state index contributed by atoms with van der Waals surface area (Å²) in [6.07, 6.45) is 0.103. The Kier molecular flexibility index (Phi) is 4.18. The van der Waals surface area contributed by atoms with Gasteiger partial charge in [-0.2, -0.15) is 0 Å². The fourth-order valence-electron chi connectivity index (χ4n) is 0.973. The van der Waals surface area contributed by atoms with Gasteiger partial charge in [0.05, 0.1) is 17.7 Å². The minimum Gasteiger partial charge on any atom is -0.486 e. The fraction of sp³-hybridized carbons (Fsp3) is 0.500. The second-order valence-corrected chi connectivity index (χ2v) is 4.48. The van der Waals surface area contributed by atoms with E-state index in [1.54, 1.807) is 7.11 Å². The Labute approximate surface area is 89.6 Å². The van der Waals surface area contributed by atoms with Crippen LogP contribution in [-0.2, 0) is 0 Å². The van der Waals surface area contributed by atoms with Gasteiger partial charge in [-0.05, 0) is 35.0 Å². The number of nitrogens with two attached hydrogens (primary N) is 1. The number of rotatable bonds is 4. The van der Waals surface area contributed by atoms with Crippen molar-refractivity contribution in [3.05, 3.63) is 15.4 Å². The van der Waals surface area contributed by atoms with Gasteiger partial charge in [0.25, 0.3) is 0 Å². The number of hydrogen-bond donors (Lipinski definition) is 2. The third kappa shape index (κ3) is 2.67. The minimum absolute atomic E-state index is 0.477. The lowest BCUT2D eigenvalue weighted by Gasteiger charge is -2.04. The van der Waals surface area contributed by atoms with Gasteiger partial charge in [0, 0.05) is 4.88 Å². The molecule has 1 aromatic heterocycles. The predicted molar refractivity (Wildman–Crippen MR) is 57.2 cm³/mol. The summed E-state index contributed by atoms with van der Waals surface area (Å²) in [4.78, 5) is 0.883. The highest BCUT2D eigenvalue weighted by atomic mass is 79.9. The molecule has 1 aromatic rings. The Hall–Kier alpha value is -0.100. The Balaban J connectivity index is 2.77. The van der Waals surface area contributed by atoms with E-state index < -0.39 is 6.10 Å². The highest BCUT2D eigenvalue weighted by Gasteiger charge is 2.13. The molecule has 0 aliphatic rings. The average molecular weight is 266 g/mol. The van der Waals surface area contributed by atoms with Crippen molar-refractivity contribution < 1.29 is 9.84 Å². The van der Waals surface area contributed by atoms with Crippen molar-refractivity contribution in [2.45, 2.75) is 12.5 Å². The lowest BCUT2D eigenvalue weighted by molar-refractivity contribution is 0.174. The maximum Gasteiger partial charge on any atom is 0.188 e. The largest absolute Gasteiger partial charge is 0.486 e. The van der Waals surface area contributed by atoms with Gasteiger partial charge in [-0.25, -0.2) is 0 Å². The number of thiophene rings is 1. The first-order chi connectivity index (χ1) is 6.19. The molecule has 74 valence electrons. The average Bonchev–Trinajstić information content (AvgIpc) is 2.47. The summed E-state index contributed by atoms with van der Waals surface area (Å²) in [6.45, 7) is 0.485. The number of ether oxygens (including phenoxy) is 1. The van der Waals surface area contributed by atoms with Crippen LogP contribution in [0.5, 0.6) is 5.06 Å². The Morgan fingerprint density at radius 1 is 1.77 bits per heavy atom. The van der Waals surface area contributed by atoms with Gasteiger partial charge in [0.15, 0.2) is 5.06 Å². The number of aliphatic hydroxyl groups excluding tert-OH is 1. The molecular formula is C8H12BrNO2S. The van der Waals surface area contributed by atoms with Crippen LogP contribution in [0.3, 0.4) is 0 Å². The van der Waals surface area contributed by atoms with Crippen LogP contribution < -0.4 is 10.5 Å². The van der Waals surface area contributed by atoms with Crippen LogP contribution in [0.4, 0.5) is 0 Å². The topological polar surface area (TPSA) is 55.5 Å². The molecule has 3 N–H and O–H groups in total. The molecule has 3 nitrogen and oxygen atoms in total. The van der Waals surface area contributed by atoms with Crippen LogP contribution >= 0.6 is 27.3 Å². The lowest BCUT2D eigenvalue weighted by Crippen LogP contribution is -2.05. The standard InChI is InChI=1S/C8H12BrNO2S/c1-12-8-5(9)4-7(13-8)6(11)2-3-10/h4,6,11H,2-3,10H2,1H3. The van der Waals surface area contributed by atoms with E-state index in [4.69, 9.17) is 10.5 Å². The van der Waals surface area contributed by atoms with Gasteiger partial charge in [0.1, 0.15) is 0 Å². The summed E-state index contributed by atoms with van der Waals surface area (Å²) >= 11 is 4.77. The summed E-state index contributed by atoms with van der Waals surface area (Å²) in [6, 6.07) is 1.86. The molecule has 13 heavy (non-hydrogen) atoms. The van der Waals surface area contributed by atoms with Crippen molar-refractivity contribution in [2.24, 2.45) is 5.73 Å². The second-order valence-electron chi connectivity index (χ2n) is 2.58. The quantitative estimate of drug-likeness (QED) is 0.875. The van der Waals surface area contributed by atoms with Crippen LogP contribution in [0.1, 0.15) is 17.4 Å². The SMILES string of the molecule is COc1sc(C(O)CCN)cc1Br. The molecule has 0 amide bonds. The molecule has 0 fully saturated rings. The number of methoxy groups -OCH3 is 1. The van der Waals surface area contributed by atoms with Crippen molar-refractivity contribution in [1.29, 1.82) is 0 Å². The van der Waals surface area contributed by atoms with Crippen molar-refractivity contribution in [1.82, 2.24) is 0 Å². The molecule has 1 heterocycles. The highest BCUT2D eigenvalue weighted by Crippen LogP contribution is 2.38. The Morgan fingerprint density at radius 2 is 2.46 bits per heavy atom. The van der Waals surface area contributed by atoms with Crippen LogP contribution in [0.2, 0.25) is 0 Å². The van der Waals surface area contributed by atoms with Gasteiger partial charge >= 0.3 is 0 Å².